The van der Waals surface area contributed by atoms with Gasteiger partial charge in [0, 0.05) is 18.0 Å². The smallest absolute Gasteiger partial charge is 0.339 e. The minimum atomic E-state index is -1.25. The van der Waals surface area contributed by atoms with E-state index in [1.807, 2.05) is 0 Å². The molecule has 98 valence electrons. The zero-order chi connectivity index (χ0) is 13.8. The monoisotopic (exact) mass is 281 g/mol. The molecule has 0 saturated heterocycles. The first-order chi connectivity index (χ1) is 9.08. The van der Waals surface area contributed by atoms with Crippen LogP contribution in [0.3, 0.4) is 0 Å². The Balaban J connectivity index is 2.20. The molecule has 0 spiro atoms. The molecule has 2 rings (SSSR count). The highest BCUT2D eigenvalue weighted by atomic mass is 35.5. The van der Waals surface area contributed by atoms with Crippen LogP contribution in [0.15, 0.2) is 36.7 Å². The van der Waals surface area contributed by atoms with Gasteiger partial charge >= 0.3 is 5.97 Å². The third-order valence-electron chi connectivity index (χ3n) is 2.41. The number of nitrogens with zero attached hydrogens (tertiary/aromatic N) is 1. The van der Waals surface area contributed by atoms with E-state index in [0.29, 0.717) is 10.6 Å². The lowest BCUT2D eigenvalue weighted by atomic mass is 10.2. The van der Waals surface area contributed by atoms with E-state index >= 15 is 0 Å². The van der Waals surface area contributed by atoms with Crippen LogP contribution in [0.4, 0.5) is 4.39 Å². The van der Waals surface area contributed by atoms with Crippen molar-refractivity contribution in [2.24, 2.45) is 0 Å². The molecule has 0 atom stereocenters. The van der Waals surface area contributed by atoms with Gasteiger partial charge in [-0.05, 0) is 24.3 Å². The molecule has 0 fully saturated rings. The Bertz CT molecular complexity index is 619. The quantitative estimate of drug-likeness (QED) is 0.935. The first kappa shape index (κ1) is 13.3. The van der Waals surface area contributed by atoms with E-state index in [4.69, 9.17) is 21.4 Å². The lowest BCUT2D eigenvalue weighted by Gasteiger charge is -2.10. The summed E-state index contributed by atoms with van der Waals surface area (Å²) in [6.45, 7) is 0.0767. The second kappa shape index (κ2) is 5.67. The van der Waals surface area contributed by atoms with Crippen molar-refractivity contribution in [3.63, 3.8) is 0 Å². The van der Waals surface area contributed by atoms with Crippen LogP contribution in [-0.2, 0) is 6.61 Å². The van der Waals surface area contributed by atoms with Gasteiger partial charge in [0.2, 0.25) is 0 Å². The molecule has 4 nitrogen and oxygen atoms in total. The number of carboxylic acid groups (broad SMARTS) is 1. The van der Waals surface area contributed by atoms with E-state index < -0.39 is 11.8 Å². The summed E-state index contributed by atoms with van der Waals surface area (Å²) in [5.74, 6) is -1.80. The van der Waals surface area contributed by atoms with Crippen LogP contribution in [0.25, 0.3) is 0 Å². The summed E-state index contributed by atoms with van der Waals surface area (Å²) < 4.78 is 18.3. The Morgan fingerprint density at radius 2 is 2.21 bits per heavy atom. The van der Waals surface area contributed by atoms with Crippen molar-refractivity contribution in [1.82, 2.24) is 4.98 Å². The molecule has 2 aromatic rings. The molecule has 0 aliphatic carbocycles. The number of aromatic carboxylic acids is 1. The van der Waals surface area contributed by atoms with Crippen molar-refractivity contribution < 1.29 is 19.0 Å². The first-order valence-corrected chi connectivity index (χ1v) is 5.70. The zero-order valence-corrected chi connectivity index (χ0v) is 10.4. The number of pyridine rings is 1. The predicted molar refractivity (Wildman–Crippen MR) is 66.9 cm³/mol. The van der Waals surface area contributed by atoms with Gasteiger partial charge in [0.05, 0.1) is 5.02 Å². The van der Waals surface area contributed by atoms with E-state index in [1.54, 1.807) is 12.3 Å². The maximum atomic E-state index is 13.0. The normalized spacial score (nSPS) is 10.2. The molecule has 1 aromatic carbocycles. The van der Waals surface area contributed by atoms with Crippen molar-refractivity contribution in [3.05, 3.63) is 58.6 Å². The van der Waals surface area contributed by atoms with Crippen LogP contribution in [0.1, 0.15) is 15.9 Å². The van der Waals surface area contributed by atoms with Crippen molar-refractivity contribution >= 4 is 17.6 Å². The topological polar surface area (TPSA) is 59.4 Å². The second-order valence-corrected chi connectivity index (χ2v) is 4.11. The minimum Gasteiger partial charge on any atom is -0.488 e. The van der Waals surface area contributed by atoms with E-state index in [1.165, 1.54) is 12.3 Å². The number of halogens is 2. The largest absolute Gasteiger partial charge is 0.488 e. The molecular formula is C13H9ClFNO3. The molecular weight excluding hydrogens is 273 g/mol. The third kappa shape index (κ3) is 3.20. The molecule has 0 aliphatic heterocycles. The summed E-state index contributed by atoms with van der Waals surface area (Å²) in [4.78, 5) is 14.8. The Hall–Kier alpha value is -2.14. The molecule has 0 radical (unpaired) electrons. The highest BCUT2D eigenvalue weighted by Crippen LogP contribution is 2.22. The number of benzene rings is 1. The molecule has 6 heteroatoms. The van der Waals surface area contributed by atoms with Gasteiger partial charge in [-0.2, -0.15) is 0 Å². The van der Waals surface area contributed by atoms with Gasteiger partial charge in [0.1, 0.15) is 23.7 Å². The molecule has 19 heavy (non-hydrogen) atoms. The van der Waals surface area contributed by atoms with Crippen molar-refractivity contribution in [1.29, 1.82) is 0 Å². The van der Waals surface area contributed by atoms with Crippen molar-refractivity contribution in [2.75, 3.05) is 0 Å². The maximum Gasteiger partial charge on any atom is 0.339 e. The highest BCUT2D eigenvalue weighted by molar-refractivity contribution is 6.31. The van der Waals surface area contributed by atoms with E-state index in [-0.39, 0.29) is 17.9 Å². The number of rotatable bonds is 4. The van der Waals surface area contributed by atoms with Crippen LogP contribution in [0, 0.1) is 5.82 Å². The van der Waals surface area contributed by atoms with Gasteiger partial charge in [-0.15, -0.1) is 0 Å². The van der Waals surface area contributed by atoms with Crippen molar-refractivity contribution in [3.8, 4) is 5.75 Å². The Morgan fingerprint density at radius 3 is 2.89 bits per heavy atom. The molecule has 0 saturated carbocycles. The first-order valence-electron chi connectivity index (χ1n) is 5.32. The Morgan fingerprint density at radius 1 is 1.42 bits per heavy atom. The van der Waals surface area contributed by atoms with Gasteiger partial charge in [-0.25, -0.2) is 9.18 Å². The number of aromatic nitrogens is 1. The summed E-state index contributed by atoms with van der Waals surface area (Å²) in [6.07, 6.45) is 3.01. The number of carboxylic acids is 1. The van der Waals surface area contributed by atoms with Crippen LogP contribution in [0.2, 0.25) is 5.02 Å². The number of hydrogen-bond acceptors (Lipinski definition) is 3. The Kier molecular flexibility index (Phi) is 3.97. The van der Waals surface area contributed by atoms with Crippen molar-refractivity contribution in [2.45, 2.75) is 6.61 Å². The molecule has 0 unspecified atom stereocenters. The average Bonchev–Trinajstić information content (AvgIpc) is 2.38. The Labute approximate surface area is 113 Å². The fourth-order valence-corrected chi connectivity index (χ4v) is 1.65. The van der Waals surface area contributed by atoms with Gasteiger partial charge in [-0.3, -0.25) is 4.98 Å². The van der Waals surface area contributed by atoms with E-state index in [9.17, 15) is 9.18 Å². The summed E-state index contributed by atoms with van der Waals surface area (Å²) in [7, 11) is 0. The van der Waals surface area contributed by atoms with Crippen LogP contribution in [-0.4, -0.2) is 16.1 Å². The minimum absolute atomic E-state index is 0.0767. The molecule has 1 heterocycles. The fourth-order valence-electron chi connectivity index (χ4n) is 1.47. The lowest BCUT2D eigenvalue weighted by Crippen LogP contribution is -2.04. The van der Waals surface area contributed by atoms with Gasteiger partial charge in [-0.1, -0.05) is 11.6 Å². The molecule has 1 aromatic heterocycles. The maximum absolute atomic E-state index is 13.0. The average molecular weight is 282 g/mol. The van der Waals surface area contributed by atoms with Crippen LogP contribution in [0.5, 0.6) is 5.75 Å². The third-order valence-corrected chi connectivity index (χ3v) is 2.75. The molecule has 0 amide bonds. The SMILES string of the molecule is O=C(O)c1cc(F)ccc1OCc1ccncc1Cl. The number of hydrogen-bond donors (Lipinski definition) is 1. The van der Waals surface area contributed by atoms with Gasteiger partial charge in [0.25, 0.3) is 0 Å². The van der Waals surface area contributed by atoms with Crippen LogP contribution >= 0.6 is 11.6 Å². The highest BCUT2D eigenvalue weighted by Gasteiger charge is 2.13. The molecule has 0 aliphatic rings. The lowest BCUT2D eigenvalue weighted by molar-refractivity contribution is 0.0691. The van der Waals surface area contributed by atoms with Crippen LogP contribution < -0.4 is 4.74 Å². The predicted octanol–water partition coefficient (Wildman–Crippen LogP) is 3.15. The van der Waals surface area contributed by atoms with Gasteiger partial charge in [0.15, 0.2) is 0 Å². The van der Waals surface area contributed by atoms with Gasteiger partial charge < -0.3 is 9.84 Å². The molecule has 0 bridgehead atoms. The fraction of sp³-hybridized carbons (Fsp3) is 0.0769. The summed E-state index contributed by atoms with van der Waals surface area (Å²) in [5, 5.41) is 9.38. The summed E-state index contributed by atoms with van der Waals surface area (Å²) in [6, 6.07) is 4.97. The number of ether oxygens (including phenoxy) is 1. The summed E-state index contributed by atoms with van der Waals surface area (Å²) in [5.41, 5.74) is 0.433. The second-order valence-electron chi connectivity index (χ2n) is 3.70. The summed E-state index contributed by atoms with van der Waals surface area (Å²) >= 11 is 5.90. The zero-order valence-electron chi connectivity index (χ0n) is 9.64. The standard InChI is InChI=1S/C13H9ClFNO3/c14-11-6-16-4-3-8(11)7-19-12-2-1-9(15)5-10(12)13(17)18/h1-6H,7H2,(H,17,18). The molecule has 1 N–H and O–H groups in total. The van der Waals surface area contributed by atoms with E-state index in [0.717, 1.165) is 12.1 Å². The number of carbonyl (C=O) groups is 1. The van der Waals surface area contributed by atoms with E-state index in [2.05, 4.69) is 4.98 Å².